The largest absolute Gasteiger partial charge is 0.380 e. The molecule has 0 saturated carbocycles. The van der Waals surface area contributed by atoms with Gasteiger partial charge in [-0.05, 0) is 18.6 Å². The number of ether oxygens (including phenoxy) is 1. The van der Waals surface area contributed by atoms with Gasteiger partial charge in [0.1, 0.15) is 0 Å². The molecule has 0 fully saturated rings. The summed E-state index contributed by atoms with van der Waals surface area (Å²) in [5.41, 5.74) is 1.09. The molecule has 1 aromatic carbocycles. The summed E-state index contributed by atoms with van der Waals surface area (Å²) in [5.74, 6) is 0. The van der Waals surface area contributed by atoms with Gasteiger partial charge in [-0.15, -0.1) is 0 Å². The lowest BCUT2D eigenvalue weighted by atomic mass is 10.2. The molecular weight excluding hydrogens is 288 g/mol. The topological polar surface area (TPSA) is 64.4 Å². The molecule has 0 aliphatic heterocycles. The van der Waals surface area contributed by atoms with Gasteiger partial charge in [0.2, 0.25) is 0 Å². The molecule has 94 valence electrons. The van der Waals surface area contributed by atoms with Crippen LogP contribution in [0, 0.1) is 10.1 Å². The van der Waals surface area contributed by atoms with E-state index >= 15 is 0 Å². The number of non-ortho nitro benzene ring substituents is 1. The molecule has 1 N–H and O–H groups in total. The molecule has 0 aliphatic carbocycles. The van der Waals surface area contributed by atoms with Crippen LogP contribution in [-0.4, -0.2) is 24.7 Å². The van der Waals surface area contributed by atoms with Crippen LogP contribution in [0.25, 0.3) is 0 Å². The van der Waals surface area contributed by atoms with Crippen molar-refractivity contribution in [3.8, 4) is 0 Å². The zero-order valence-electron chi connectivity index (χ0n) is 9.61. The van der Waals surface area contributed by atoms with E-state index in [1.54, 1.807) is 6.07 Å². The fourth-order valence-electron chi connectivity index (χ4n) is 1.30. The molecule has 1 aromatic rings. The van der Waals surface area contributed by atoms with Gasteiger partial charge in [-0.1, -0.05) is 15.9 Å². The summed E-state index contributed by atoms with van der Waals surface area (Å²) in [6.45, 7) is 4.75. The van der Waals surface area contributed by atoms with E-state index in [-0.39, 0.29) is 5.69 Å². The smallest absolute Gasteiger partial charge is 0.270 e. The van der Waals surface area contributed by atoms with E-state index in [0.717, 1.165) is 16.6 Å². The normalized spacial score (nSPS) is 10.5. The van der Waals surface area contributed by atoms with Crippen molar-refractivity contribution in [2.45, 2.75) is 13.5 Å². The second kappa shape index (κ2) is 7.37. The maximum Gasteiger partial charge on any atom is 0.270 e. The molecule has 0 spiro atoms. The van der Waals surface area contributed by atoms with E-state index in [1.165, 1.54) is 12.1 Å². The number of nitrogens with zero attached hydrogens (tertiary/aromatic N) is 1. The molecule has 0 radical (unpaired) electrons. The predicted octanol–water partition coefficient (Wildman–Crippen LogP) is 2.48. The average Bonchev–Trinajstić information content (AvgIpc) is 2.30. The van der Waals surface area contributed by atoms with Crippen molar-refractivity contribution in [1.82, 2.24) is 5.32 Å². The van der Waals surface area contributed by atoms with Crippen molar-refractivity contribution in [2.75, 3.05) is 19.8 Å². The van der Waals surface area contributed by atoms with E-state index in [4.69, 9.17) is 4.74 Å². The second-order valence-electron chi connectivity index (χ2n) is 3.41. The van der Waals surface area contributed by atoms with Crippen LogP contribution < -0.4 is 5.32 Å². The number of halogens is 1. The van der Waals surface area contributed by atoms with Gasteiger partial charge in [-0.2, -0.15) is 0 Å². The lowest BCUT2D eigenvalue weighted by Gasteiger charge is -2.06. The molecule has 0 saturated heterocycles. The third kappa shape index (κ3) is 4.80. The number of hydrogen-bond donors (Lipinski definition) is 1. The minimum Gasteiger partial charge on any atom is -0.380 e. The number of nitro benzene ring substituents is 1. The predicted molar refractivity (Wildman–Crippen MR) is 69.0 cm³/mol. The van der Waals surface area contributed by atoms with Gasteiger partial charge in [0.25, 0.3) is 5.69 Å². The number of hydrogen-bond acceptors (Lipinski definition) is 4. The fourth-order valence-corrected chi connectivity index (χ4v) is 1.81. The Morgan fingerprint density at radius 2 is 2.29 bits per heavy atom. The van der Waals surface area contributed by atoms with Crippen molar-refractivity contribution in [1.29, 1.82) is 0 Å². The van der Waals surface area contributed by atoms with Crippen LogP contribution in [0.5, 0.6) is 0 Å². The lowest BCUT2D eigenvalue weighted by Crippen LogP contribution is -2.19. The zero-order valence-corrected chi connectivity index (χ0v) is 11.2. The first-order valence-corrected chi connectivity index (χ1v) is 6.15. The van der Waals surface area contributed by atoms with Gasteiger partial charge in [0.05, 0.1) is 11.5 Å². The molecule has 0 aliphatic rings. The maximum absolute atomic E-state index is 10.5. The van der Waals surface area contributed by atoms with Gasteiger partial charge >= 0.3 is 0 Å². The molecule has 6 heteroatoms. The Hall–Kier alpha value is -0.980. The molecule has 0 aromatic heterocycles. The van der Waals surface area contributed by atoms with Crippen molar-refractivity contribution in [3.63, 3.8) is 0 Å². The second-order valence-corrected chi connectivity index (χ2v) is 4.26. The Morgan fingerprint density at radius 1 is 1.53 bits per heavy atom. The molecule has 17 heavy (non-hydrogen) atoms. The molecule has 5 nitrogen and oxygen atoms in total. The number of benzene rings is 1. The highest BCUT2D eigenvalue weighted by molar-refractivity contribution is 9.10. The SMILES string of the molecule is CCOCCNCc1ccc([N+](=O)[O-])cc1Br. The minimum atomic E-state index is -0.406. The Labute approximate surface area is 108 Å². The first-order chi connectivity index (χ1) is 8.15. The van der Waals surface area contributed by atoms with E-state index < -0.39 is 4.92 Å². The molecule has 0 heterocycles. The van der Waals surface area contributed by atoms with Crippen molar-refractivity contribution < 1.29 is 9.66 Å². The summed E-state index contributed by atoms with van der Waals surface area (Å²) < 4.78 is 5.93. The van der Waals surface area contributed by atoms with Crippen LogP contribution >= 0.6 is 15.9 Å². The van der Waals surface area contributed by atoms with E-state index in [1.807, 2.05) is 6.92 Å². The summed E-state index contributed by atoms with van der Waals surface area (Å²) in [6, 6.07) is 4.76. The quantitative estimate of drug-likeness (QED) is 0.477. The first kappa shape index (κ1) is 14.1. The average molecular weight is 303 g/mol. The lowest BCUT2D eigenvalue weighted by molar-refractivity contribution is -0.384. The van der Waals surface area contributed by atoms with Crippen LogP contribution in [0.15, 0.2) is 22.7 Å². The molecular formula is C11H15BrN2O3. The van der Waals surface area contributed by atoms with Crippen LogP contribution in [0.3, 0.4) is 0 Å². The Kier molecular flexibility index (Phi) is 6.10. The van der Waals surface area contributed by atoms with Gasteiger partial charge in [-0.3, -0.25) is 10.1 Å². The van der Waals surface area contributed by atoms with Gasteiger partial charge in [-0.25, -0.2) is 0 Å². The summed E-state index contributed by atoms with van der Waals surface area (Å²) in [5, 5.41) is 13.8. The Bertz CT molecular complexity index is 385. The van der Waals surface area contributed by atoms with Crippen molar-refractivity contribution in [2.24, 2.45) is 0 Å². The Morgan fingerprint density at radius 3 is 2.88 bits per heavy atom. The number of rotatable bonds is 7. The highest BCUT2D eigenvalue weighted by atomic mass is 79.9. The third-order valence-electron chi connectivity index (χ3n) is 2.19. The molecule has 0 atom stereocenters. The maximum atomic E-state index is 10.5. The van der Waals surface area contributed by atoms with Gasteiger partial charge in [0, 0.05) is 36.3 Å². The summed E-state index contributed by atoms with van der Waals surface area (Å²) >= 11 is 3.32. The number of nitrogens with one attached hydrogen (secondary N) is 1. The van der Waals surface area contributed by atoms with Crippen LogP contribution in [0.4, 0.5) is 5.69 Å². The van der Waals surface area contributed by atoms with Crippen LogP contribution in [0.1, 0.15) is 12.5 Å². The fraction of sp³-hybridized carbons (Fsp3) is 0.455. The standard InChI is InChI=1S/C11H15BrN2O3/c1-2-17-6-5-13-8-9-3-4-10(14(15)16)7-11(9)12/h3-4,7,13H,2,5-6,8H2,1H3. The molecule has 1 rings (SSSR count). The monoisotopic (exact) mass is 302 g/mol. The highest BCUT2D eigenvalue weighted by Gasteiger charge is 2.08. The van der Waals surface area contributed by atoms with E-state index in [0.29, 0.717) is 19.8 Å². The van der Waals surface area contributed by atoms with E-state index in [9.17, 15) is 10.1 Å². The number of nitro groups is 1. The van der Waals surface area contributed by atoms with Crippen molar-refractivity contribution >= 4 is 21.6 Å². The van der Waals surface area contributed by atoms with Crippen LogP contribution in [-0.2, 0) is 11.3 Å². The van der Waals surface area contributed by atoms with E-state index in [2.05, 4.69) is 21.2 Å². The summed E-state index contributed by atoms with van der Waals surface area (Å²) in [6.07, 6.45) is 0. The summed E-state index contributed by atoms with van der Waals surface area (Å²) in [4.78, 5) is 10.1. The zero-order chi connectivity index (χ0) is 12.7. The molecule has 0 bridgehead atoms. The molecule has 0 amide bonds. The first-order valence-electron chi connectivity index (χ1n) is 5.36. The third-order valence-corrected chi connectivity index (χ3v) is 2.93. The van der Waals surface area contributed by atoms with Gasteiger partial charge in [0.15, 0.2) is 0 Å². The minimum absolute atomic E-state index is 0.0925. The van der Waals surface area contributed by atoms with Crippen molar-refractivity contribution in [3.05, 3.63) is 38.3 Å². The van der Waals surface area contributed by atoms with Gasteiger partial charge < -0.3 is 10.1 Å². The Balaban J connectivity index is 2.46. The van der Waals surface area contributed by atoms with Crippen LogP contribution in [0.2, 0.25) is 0 Å². The molecule has 0 unspecified atom stereocenters. The summed E-state index contributed by atoms with van der Waals surface area (Å²) in [7, 11) is 0. The highest BCUT2D eigenvalue weighted by Crippen LogP contribution is 2.22.